The van der Waals surface area contributed by atoms with Gasteiger partial charge in [0.05, 0.1) is 6.26 Å². The first-order valence-electron chi connectivity index (χ1n) is 8.96. The average molecular weight is 308 g/mol. The van der Waals surface area contributed by atoms with Crippen LogP contribution in [0.4, 0.5) is 0 Å². The zero-order chi connectivity index (χ0) is 15.2. The average Bonchev–Trinajstić information content (AvgIpc) is 2.50. The highest BCUT2D eigenvalue weighted by Gasteiger charge is 2.10. The molecule has 1 unspecified atom stereocenters. The molecule has 21 heavy (non-hydrogen) atoms. The summed E-state index contributed by atoms with van der Waals surface area (Å²) in [5, 5.41) is 0. The highest BCUT2D eigenvalue weighted by molar-refractivity contribution is 7.95. The summed E-state index contributed by atoms with van der Waals surface area (Å²) in [6, 6.07) is 11.0. The zero-order valence-corrected chi connectivity index (χ0v) is 15.1. The van der Waals surface area contributed by atoms with E-state index in [9.17, 15) is 0 Å². The summed E-state index contributed by atoms with van der Waals surface area (Å²) in [7, 11) is 0.566. The monoisotopic (exact) mass is 307 g/mol. The summed E-state index contributed by atoms with van der Waals surface area (Å²) in [6.07, 6.45) is 16.9. The van der Waals surface area contributed by atoms with Crippen LogP contribution in [0.3, 0.4) is 0 Å². The van der Waals surface area contributed by atoms with Crippen LogP contribution in [0.1, 0.15) is 76.7 Å². The maximum Gasteiger partial charge on any atom is 0.132 e. The van der Waals surface area contributed by atoms with Gasteiger partial charge in [-0.3, -0.25) is 0 Å². The lowest BCUT2D eigenvalue weighted by molar-refractivity contribution is 0.563. The summed E-state index contributed by atoms with van der Waals surface area (Å²) in [4.78, 5) is 0. The van der Waals surface area contributed by atoms with Crippen LogP contribution < -0.4 is 0 Å². The third-order valence-corrected chi connectivity index (χ3v) is 5.91. The zero-order valence-electron chi connectivity index (χ0n) is 14.3. The molecule has 1 aromatic carbocycles. The van der Waals surface area contributed by atoms with Crippen molar-refractivity contribution in [2.45, 2.75) is 76.9 Å². The summed E-state index contributed by atoms with van der Waals surface area (Å²) in [5.41, 5.74) is 1.51. The first-order chi connectivity index (χ1) is 10.3. The Kier molecular flexibility index (Phi) is 11.7. The fourth-order valence-corrected chi connectivity index (χ4v) is 4.37. The number of unbranched alkanes of at least 4 members (excludes halogenated alkanes) is 9. The summed E-state index contributed by atoms with van der Waals surface area (Å²) in [5.74, 6) is 2.70. The minimum atomic E-state index is 0.566. The van der Waals surface area contributed by atoms with Crippen LogP contribution in [-0.2, 0) is 16.6 Å². The van der Waals surface area contributed by atoms with E-state index < -0.39 is 0 Å². The van der Waals surface area contributed by atoms with Gasteiger partial charge in [0, 0.05) is 5.56 Å². The van der Waals surface area contributed by atoms with Crippen molar-refractivity contribution in [2.24, 2.45) is 0 Å². The molecule has 0 bridgehead atoms. The van der Waals surface area contributed by atoms with Crippen LogP contribution in [-0.4, -0.2) is 12.0 Å². The second kappa shape index (κ2) is 13.2. The van der Waals surface area contributed by atoms with Crippen LogP contribution in [0, 0.1) is 0 Å². The van der Waals surface area contributed by atoms with Gasteiger partial charge in [-0.2, -0.15) is 0 Å². The molecule has 0 aliphatic rings. The molecule has 0 N–H and O–H groups in total. The normalized spacial score (nSPS) is 12.5. The van der Waals surface area contributed by atoms with E-state index in [1.165, 1.54) is 81.3 Å². The molecule has 0 radical (unpaired) electrons. The Balaban J connectivity index is 1.87. The van der Waals surface area contributed by atoms with Crippen molar-refractivity contribution in [3.05, 3.63) is 35.9 Å². The van der Waals surface area contributed by atoms with Crippen molar-refractivity contribution in [3.63, 3.8) is 0 Å². The topological polar surface area (TPSA) is 0 Å². The Hall–Kier alpha value is -0.430. The standard InChI is InChI=1S/C20H35S/c1-3-4-5-6-7-8-9-10-11-15-18-21(2)19-20-16-13-12-14-17-20/h12-14,16-17H,3-11,15,18-19H2,1-2H3/q+1. The van der Waals surface area contributed by atoms with Crippen molar-refractivity contribution in [2.75, 3.05) is 12.0 Å². The molecular weight excluding hydrogens is 272 g/mol. The van der Waals surface area contributed by atoms with Crippen molar-refractivity contribution in [1.29, 1.82) is 0 Å². The molecule has 0 saturated heterocycles. The fraction of sp³-hybridized carbons (Fsp3) is 0.700. The minimum absolute atomic E-state index is 0.566. The molecule has 0 nitrogen and oxygen atoms in total. The van der Waals surface area contributed by atoms with Gasteiger partial charge in [0.25, 0.3) is 0 Å². The van der Waals surface area contributed by atoms with E-state index in [-0.39, 0.29) is 0 Å². The van der Waals surface area contributed by atoms with E-state index in [1.54, 1.807) is 0 Å². The molecule has 0 fully saturated rings. The minimum Gasteiger partial charge on any atom is -0.0654 e. The maximum atomic E-state index is 2.43. The van der Waals surface area contributed by atoms with Gasteiger partial charge in [-0.15, -0.1) is 0 Å². The van der Waals surface area contributed by atoms with E-state index in [2.05, 4.69) is 43.5 Å². The molecule has 0 aliphatic heterocycles. The molecule has 0 aliphatic carbocycles. The molecule has 120 valence electrons. The largest absolute Gasteiger partial charge is 0.132 e. The van der Waals surface area contributed by atoms with E-state index in [1.807, 2.05) is 0 Å². The molecule has 0 spiro atoms. The lowest BCUT2D eigenvalue weighted by atomic mass is 10.1. The Morgan fingerprint density at radius 1 is 0.714 bits per heavy atom. The molecule has 0 heterocycles. The predicted molar refractivity (Wildman–Crippen MR) is 100 cm³/mol. The first-order valence-corrected chi connectivity index (χ1v) is 10.9. The summed E-state index contributed by atoms with van der Waals surface area (Å²) < 4.78 is 0. The molecule has 1 rings (SSSR count). The molecule has 1 aromatic rings. The third kappa shape index (κ3) is 10.9. The van der Waals surface area contributed by atoms with Gasteiger partial charge >= 0.3 is 0 Å². The molecule has 1 atom stereocenters. The van der Waals surface area contributed by atoms with Gasteiger partial charge in [0.15, 0.2) is 0 Å². The molecule has 0 aromatic heterocycles. The van der Waals surface area contributed by atoms with E-state index in [4.69, 9.17) is 0 Å². The predicted octanol–water partition coefficient (Wildman–Crippen LogP) is 6.36. The Bertz CT molecular complexity index is 320. The second-order valence-electron chi connectivity index (χ2n) is 6.30. The van der Waals surface area contributed by atoms with Crippen LogP contribution in [0.25, 0.3) is 0 Å². The number of benzene rings is 1. The highest BCUT2D eigenvalue weighted by Crippen LogP contribution is 2.12. The summed E-state index contributed by atoms with van der Waals surface area (Å²) >= 11 is 0. The smallest absolute Gasteiger partial charge is 0.0654 e. The molecule has 1 heteroatoms. The number of rotatable bonds is 13. The van der Waals surface area contributed by atoms with Crippen LogP contribution in [0.2, 0.25) is 0 Å². The Morgan fingerprint density at radius 3 is 1.81 bits per heavy atom. The lowest BCUT2D eigenvalue weighted by Gasteiger charge is -2.04. The van der Waals surface area contributed by atoms with Gasteiger partial charge in [0.1, 0.15) is 11.5 Å². The van der Waals surface area contributed by atoms with Crippen LogP contribution in [0.15, 0.2) is 30.3 Å². The SMILES string of the molecule is CCCCCCCCCCCC[S+](C)Cc1ccccc1. The molecular formula is C20H35S+. The first kappa shape index (κ1) is 18.6. The van der Waals surface area contributed by atoms with E-state index in [0.717, 1.165) is 0 Å². The van der Waals surface area contributed by atoms with E-state index in [0.29, 0.717) is 10.9 Å². The van der Waals surface area contributed by atoms with Crippen molar-refractivity contribution in [1.82, 2.24) is 0 Å². The number of hydrogen-bond acceptors (Lipinski definition) is 0. The van der Waals surface area contributed by atoms with Gasteiger partial charge in [-0.25, -0.2) is 0 Å². The van der Waals surface area contributed by atoms with Crippen molar-refractivity contribution in [3.8, 4) is 0 Å². The lowest BCUT2D eigenvalue weighted by Crippen LogP contribution is -2.08. The third-order valence-electron chi connectivity index (χ3n) is 4.10. The van der Waals surface area contributed by atoms with Gasteiger partial charge in [0.2, 0.25) is 0 Å². The van der Waals surface area contributed by atoms with Gasteiger partial charge in [-0.1, -0.05) is 88.6 Å². The van der Waals surface area contributed by atoms with E-state index >= 15 is 0 Å². The van der Waals surface area contributed by atoms with Crippen molar-refractivity contribution >= 4 is 10.9 Å². The highest BCUT2D eigenvalue weighted by atomic mass is 32.2. The quantitative estimate of drug-likeness (QED) is 0.294. The summed E-state index contributed by atoms with van der Waals surface area (Å²) in [6.45, 7) is 2.29. The number of hydrogen-bond donors (Lipinski definition) is 0. The van der Waals surface area contributed by atoms with Crippen LogP contribution >= 0.6 is 0 Å². The maximum absolute atomic E-state index is 2.43. The Labute approximate surface area is 136 Å². The van der Waals surface area contributed by atoms with Gasteiger partial charge < -0.3 is 0 Å². The fourth-order valence-electron chi connectivity index (χ4n) is 2.77. The Morgan fingerprint density at radius 2 is 1.24 bits per heavy atom. The van der Waals surface area contributed by atoms with Gasteiger partial charge in [-0.05, 0) is 23.7 Å². The van der Waals surface area contributed by atoms with Crippen molar-refractivity contribution < 1.29 is 0 Å². The second-order valence-corrected chi connectivity index (χ2v) is 8.56. The van der Waals surface area contributed by atoms with Crippen LogP contribution in [0.5, 0.6) is 0 Å². The molecule has 0 amide bonds. The molecule has 0 saturated carbocycles.